The van der Waals surface area contributed by atoms with Gasteiger partial charge >= 0.3 is 0 Å². The van der Waals surface area contributed by atoms with Crippen molar-refractivity contribution in [1.82, 2.24) is 0 Å². The fourth-order valence-electron chi connectivity index (χ4n) is 2.57. The molecule has 2 saturated heterocycles. The fraction of sp³-hybridized carbons (Fsp3) is 1.00. The lowest BCUT2D eigenvalue weighted by molar-refractivity contribution is -0.355. The molecule has 11 nitrogen and oxygen atoms in total. The second-order valence-electron chi connectivity index (χ2n) is 5.53. The molecular weight excluding hydrogens is 320 g/mol. The van der Waals surface area contributed by atoms with Crippen molar-refractivity contribution >= 4 is 0 Å². The third-order valence-corrected chi connectivity index (χ3v) is 3.98. The maximum absolute atomic E-state index is 9.94. The summed E-state index contributed by atoms with van der Waals surface area (Å²) in [4.78, 5) is 0. The molecular formula is C12H22O11. The molecule has 0 saturated carbocycles. The first kappa shape index (κ1) is 18.9. The highest BCUT2D eigenvalue weighted by Gasteiger charge is 2.50. The van der Waals surface area contributed by atoms with Crippen LogP contribution in [0.1, 0.15) is 0 Å². The van der Waals surface area contributed by atoms with Gasteiger partial charge in [0.15, 0.2) is 12.6 Å². The van der Waals surface area contributed by atoms with Gasteiger partial charge in [0.25, 0.3) is 0 Å². The Morgan fingerprint density at radius 2 is 1.26 bits per heavy atom. The molecule has 0 aromatic carbocycles. The summed E-state index contributed by atoms with van der Waals surface area (Å²) in [7, 11) is 0. The largest absolute Gasteiger partial charge is 0.394 e. The van der Waals surface area contributed by atoms with Crippen molar-refractivity contribution in [2.45, 2.75) is 61.4 Å². The van der Waals surface area contributed by atoms with Crippen molar-refractivity contribution in [3.05, 3.63) is 0 Å². The van der Waals surface area contributed by atoms with Crippen molar-refractivity contribution in [2.75, 3.05) is 13.2 Å². The van der Waals surface area contributed by atoms with Gasteiger partial charge < -0.3 is 55.1 Å². The zero-order valence-electron chi connectivity index (χ0n) is 12.0. The molecule has 0 bridgehead atoms. The third-order valence-electron chi connectivity index (χ3n) is 3.98. The number of aliphatic hydroxyl groups excluding tert-OH is 8. The number of hydrogen-bond acceptors (Lipinski definition) is 11. The predicted molar refractivity (Wildman–Crippen MR) is 68.6 cm³/mol. The van der Waals surface area contributed by atoms with Crippen LogP contribution in [0.4, 0.5) is 0 Å². The van der Waals surface area contributed by atoms with Crippen LogP contribution in [0.2, 0.25) is 0 Å². The topological polar surface area (TPSA) is 190 Å². The van der Waals surface area contributed by atoms with Crippen molar-refractivity contribution < 1.29 is 55.1 Å². The van der Waals surface area contributed by atoms with Gasteiger partial charge in [-0.1, -0.05) is 0 Å². The minimum atomic E-state index is -1.74. The van der Waals surface area contributed by atoms with Gasteiger partial charge in [0.05, 0.1) is 13.2 Å². The number of rotatable bonds is 4. The van der Waals surface area contributed by atoms with Crippen molar-refractivity contribution in [3.8, 4) is 0 Å². The summed E-state index contributed by atoms with van der Waals surface area (Å²) in [6, 6.07) is 0. The Hall–Kier alpha value is -0.440. The predicted octanol–water partition coefficient (Wildman–Crippen LogP) is -5.40. The molecule has 2 heterocycles. The maximum Gasteiger partial charge on any atom is 0.187 e. The monoisotopic (exact) mass is 342 g/mol. The smallest absolute Gasteiger partial charge is 0.187 e. The van der Waals surface area contributed by atoms with Gasteiger partial charge in [-0.15, -0.1) is 0 Å². The summed E-state index contributed by atoms with van der Waals surface area (Å²) in [6.07, 6.45) is -15.6. The zero-order chi connectivity index (χ0) is 17.3. The van der Waals surface area contributed by atoms with Crippen LogP contribution in [0, 0.1) is 0 Å². The lowest BCUT2D eigenvalue weighted by atomic mass is 9.97. The molecule has 0 aromatic rings. The average Bonchev–Trinajstić information content (AvgIpc) is 2.55. The van der Waals surface area contributed by atoms with E-state index in [0.717, 1.165) is 0 Å². The van der Waals surface area contributed by atoms with E-state index < -0.39 is 74.6 Å². The molecule has 23 heavy (non-hydrogen) atoms. The van der Waals surface area contributed by atoms with Crippen molar-refractivity contribution in [3.63, 3.8) is 0 Å². The first-order valence-electron chi connectivity index (χ1n) is 7.08. The normalized spacial score (nSPS) is 51.7. The molecule has 8 N–H and O–H groups in total. The molecule has 0 radical (unpaired) electrons. The Bertz CT molecular complexity index is 378. The molecule has 136 valence electrons. The van der Waals surface area contributed by atoms with E-state index in [2.05, 4.69) is 0 Å². The maximum atomic E-state index is 9.94. The van der Waals surface area contributed by atoms with E-state index in [-0.39, 0.29) is 0 Å². The highest BCUT2D eigenvalue weighted by molar-refractivity contribution is 4.93. The van der Waals surface area contributed by atoms with Crippen molar-refractivity contribution in [1.29, 1.82) is 0 Å². The Balaban J connectivity index is 2.11. The lowest BCUT2D eigenvalue weighted by Gasteiger charge is -2.45. The van der Waals surface area contributed by atoms with Crippen molar-refractivity contribution in [2.24, 2.45) is 0 Å². The quantitative estimate of drug-likeness (QED) is 0.243. The summed E-state index contributed by atoms with van der Waals surface area (Å²) in [5.74, 6) is 0. The number of ether oxygens (including phenoxy) is 3. The molecule has 2 rings (SSSR count). The molecule has 7 unspecified atom stereocenters. The first-order valence-corrected chi connectivity index (χ1v) is 7.08. The van der Waals surface area contributed by atoms with E-state index in [0.29, 0.717) is 0 Å². The second kappa shape index (κ2) is 7.63. The Kier molecular flexibility index (Phi) is 6.27. The van der Waals surface area contributed by atoms with E-state index in [4.69, 9.17) is 19.3 Å². The van der Waals surface area contributed by atoms with E-state index in [1.54, 1.807) is 0 Å². The van der Waals surface area contributed by atoms with Crippen LogP contribution in [0.5, 0.6) is 0 Å². The molecule has 10 atom stereocenters. The van der Waals surface area contributed by atoms with E-state index >= 15 is 0 Å². The van der Waals surface area contributed by atoms with E-state index in [1.165, 1.54) is 0 Å². The molecule has 2 aliphatic heterocycles. The lowest BCUT2D eigenvalue weighted by Crippen LogP contribution is -2.64. The standard InChI is InChI=1S/C12H22O11/c13-1-3-5(15)6(16)9(19)12(22-3)23-10-4(2-14)21-11(20)8(18)7(10)17/h3-20H,1-2H2/t3?,4?,5-,6?,7?,8?,9?,10-,11?,12-/m1/s1. The van der Waals surface area contributed by atoms with Gasteiger partial charge in [-0.2, -0.15) is 0 Å². The highest BCUT2D eigenvalue weighted by Crippen LogP contribution is 2.28. The SMILES string of the molecule is OCC1O[C@H](O[C@@H]2C(CO)OC(O)C(O)C2O)C(O)C(O)[C@@H]1O. The highest BCUT2D eigenvalue weighted by atomic mass is 16.7. The van der Waals surface area contributed by atoms with Gasteiger partial charge in [0.1, 0.15) is 48.8 Å². The van der Waals surface area contributed by atoms with Gasteiger partial charge in [0, 0.05) is 0 Å². The van der Waals surface area contributed by atoms with Crippen LogP contribution in [0.25, 0.3) is 0 Å². The summed E-state index contributed by atoms with van der Waals surface area (Å²) in [5.41, 5.74) is 0. The van der Waals surface area contributed by atoms with E-state index in [1.807, 2.05) is 0 Å². The molecule has 2 fully saturated rings. The molecule has 11 heteroatoms. The summed E-state index contributed by atoms with van der Waals surface area (Å²) < 4.78 is 15.3. The Labute approximate surface area is 130 Å². The molecule has 0 aliphatic carbocycles. The van der Waals surface area contributed by atoms with Crippen LogP contribution in [-0.2, 0) is 14.2 Å². The average molecular weight is 342 g/mol. The Morgan fingerprint density at radius 1 is 0.652 bits per heavy atom. The summed E-state index contributed by atoms with van der Waals surface area (Å²) in [5, 5.41) is 76.5. The van der Waals surface area contributed by atoms with Crippen LogP contribution < -0.4 is 0 Å². The first-order chi connectivity index (χ1) is 10.8. The zero-order valence-corrected chi connectivity index (χ0v) is 12.0. The van der Waals surface area contributed by atoms with Crippen LogP contribution in [0.3, 0.4) is 0 Å². The fourth-order valence-corrected chi connectivity index (χ4v) is 2.57. The summed E-state index contributed by atoms with van der Waals surface area (Å²) >= 11 is 0. The molecule has 0 spiro atoms. The van der Waals surface area contributed by atoms with Crippen LogP contribution in [0.15, 0.2) is 0 Å². The van der Waals surface area contributed by atoms with Gasteiger partial charge in [-0.25, -0.2) is 0 Å². The van der Waals surface area contributed by atoms with Gasteiger partial charge in [0.2, 0.25) is 0 Å². The summed E-state index contributed by atoms with van der Waals surface area (Å²) in [6.45, 7) is -1.35. The number of aliphatic hydroxyl groups is 8. The van der Waals surface area contributed by atoms with Gasteiger partial charge in [-0.3, -0.25) is 0 Å². The molecule has 0 amide bonds. The molecule has 0 aromatic heterocycles. The van der Waals surface area contributed by atoms with E-state index in [9.17, 15) is 35.7 Å². The number of hydrogen-bond donors (Lipinski definition) is 8. The Morgan fingerprint density at radius 3 is 1.83 bits per heavy atom. The van der Waals surface area contributed by atoms with Crippen LogP contribution >= 0.6 is 0 Å². The second-order valence-corrected chi connectivity index (χ2v) is 5.53. The van der Waals surface area contributed by atoms with Crippen LogP contribution in [-0.4, -0.2) is 115 Å². The molecule has 2 aliphatic rings. The minimum absolute atomic E-state index is 0.667. The minimum Gasteiger partial charge on any atom is -0.394 e. The third kappa shape index (κ3) is 3.65. The van der Waals surface area contributed by atoms with Gasteiger partial charge in [-0.05, 0) is 0 Å².